The van der Waals surface area contributed by atoms with Crippen LogP contribution in [0.2, 0.25) is 0 Å². The molecule has 9 heteroatoms. The largest absolute Gasteiger partial charge is 0.368 e. The average molecular weight is 438 g/mol. The van der Waals surface area contributed by atoms with Gasteiger partial charge in [-0.1, -0.05) is 52.9 Å². The lowest BCUT2D eigenvalue weighted by atomic mass is 9.83. The second-order valence-electron chi connectivity index (χ2n) is 10.1. The van der Waals surface area contributed by atoms with Crippen LogP contribution in [0.4, 0.5) is 0 Å². The molecule has 31 heavy (non-hydrogen) atoms. The molecular weight excluding hydrogens is 398 g/mol. The van der Waals surface area contributed by atoms with Gasteiger partial charge in [0, 0.05) is 12.5 Å². The molecule has 4 atom stereocenters. The van der Waals surface area contributed by atoms with E-state index < -0.39 is 41.3 Å². The van der Waals surface area contributed by atoms with Crippen LogP contribution in [0.25, 0.3) is 0 Å². The van der Waals surface area contributed by atoms with Crippen molar-refractivity contribution in [2.45, 2.75) is 90.3 Å². The first-order valence-corrected chi connectivity index (χ1v) is 11.4. The summed E-state index contributed by atoms with van der Waals surface area (Å²) in [5.74, 6) is -1.72. The summed E-state index contributed by atoms with van der Waals surface area (Å²) in [6.07, 6.45) is 6.65. The third-order valence-electron chi connectivity index (χ3n) is 6.49. The first-order valence-electron chi connectivity index (χ1n) is 11.4. The molecule has 0 spiro atoms. The Kier molecular flexibility index (Phi) is 8.85. The number of carbonyl (C=O) groups is 4. The van der Waals surface area contributed by atoms with Crippen LogP contribution in [0.3, 0.4) is 0 Å². The lowest BCUT2D eigenvalue weighted by Crippen LogP contribution is -2.57. The Morgan fingerprint density at radius 2 is 1.61 bits per heavy atom. The normalized spacial score (nSPS) is 22.8. The first-order chi connectivity index (χ1) is 14.5. The maximum Gasteiger partial charge on any atom is 0.243 e. The van der Waals surface area contributed by atoms with Gasteiger partial charge in [-0.15, -0.1) is 0 Å². The number of nitrogens with two attached hydrogens (primary N) is 2. The topological polar surface area (TPSA) is 156 Å². The van der Waals surface area contributed by atoms with Crippen molar-refractivity contribution in [2.75, 3.05) is 6.54 Å². The minimum atomic E-state index is -0.969. The number of nitrogens with one attached hydrogen (secondary N) is 3. The van der Waals surface area contributed by atoms with E-state index in [0.29, 0.717) is 25.3 Å². The number of primary amides is 1. The SMILES string of the molecule is CC(C)(C)[C@H](N)C(=O)N[C@@H](CC1CCCCC1)C(=O)N[C@@H](C[C@@H]1CCNC1=O)C(N)=O. The fourth-order valence-corrected chi connectivity index (χ4v) is 4.32. The van der Waals surface area contributed by atoms with Gasteiger partial charge in [0.25, 0.3) is 0 Å². The zero-order valence-corrected chi connectivity index (χ0v) is 19.0. The summed E-state index contributed by atoms with van der Waals surface area (Å²) in [7, 11) is 0. The Labute approximate surface area is 184 Å². The van der Waals surface area contributed by atoms with E-state index in [1.807, 2.05) is 20.8 Å². The van der Waals surface area contributed by atoms with Crippen LogP contribution in [0.15, 0.2) is 0 Å². The van der Waals surface area contributed by atoms with Crippen molar-refractivity contribution in [2.24, 2.45) is 28.7 Å². The van der Waals surface area contributed by atoms with Crippen LogP contribution in [-0.4, -0.2) is 48.3 Å². The van der Waals surface area contributed by atoms with Gasteiger partial charge < -0.3 is 27.4 Å². The van der Waals surface area contributed by atoms with E-state index in [4.69, 9.17) is 11.5 Å². The van der Waals surface area contributed by atoms with Crippen LogP contribution in [-0.2, 0) is 19.2 Å². The van der Waals surface area contributed by atoms with Crippen LogP contribution >= 0.6 is 0 Å². The van der Waals surface area contributed by atoms with E-state index in [1.165, 1.54) is 6.42 Å². The van der Waals surface area contributed by atoms with Gasteiger partial charge in [-0.3, -0.25) is 19.2 Å². The molecule has 1 saturated carbocycles. The highest BCUT2D eigenvalue weighted by Gasteiger charge is 2.35. The molecule has 0 aromatic carbocycles. The van der Waals surface area contributed by atoms with Crippen LogP contribution < -0.4 is 27.4 Å². The fourth-order valence-electron chi connectivity index (χ4n) is 4.32. The Hall–Kier alpha value is -2.16. The van der Waals surface area contributed by atoms with E-state index in [-0.39, 0.29) is 18.2 Å². The van der Waals surface area contributed by atoms with Crippen molar-refractivity contribution in [1.82, 2.24) is 16.0 Å². The van der Waals surface area contributed by atoms with E-state index in [0.717, 1.165) is 25.7 Å². The summed E-state index contributed by atoms with van der Waals surface area (Å²) in [6.45, 7) is 6.14. The summed E-state index contributed by atoms with van der Waals surface area (Å²) >= 11 is 0. The molecular formula is C22H39N5O4. The highest BCUT2D eigenvalue weighted by molar-refractivity contribution is 5.93. The Morgan fingerprint density at radius 3 is 2.13 bits per heavy atom. The van der Waals surface area contributed by atoms with Gasteiger partial charge in [-0.25, -0.2) is 0 Å². The van der Waals surface area contributed by atoms with Gasteiger partial charge in [0.05, 0.1) is 6.04 Å². The van der Waals surface area contributed by atoms with Crippen molar-refractivity contribution in [3.63, 3.8) is 0 Å². The van der Waals surface area contributed by atoms with Crippen LogP contribution in [0.1, 0.15) is 72.1 Å². The summed E-state index contributed by atoms with van der Waals surface area (Å²) in [4.78, 5) is 49.7. The maximum atomic E-state index is 13.1. The first kappa shape index (κ1) is 25.1. The van der Waals surface area contributed by atoms with Crippen molar-refractivity contribution >= 4 is 23.6 Å². The molecule has 0 bridgehead atoms. The highest BCUT2D eigenvalue weighted by Crippen LogP contribution is 2.28. The second-order valence-corrected chi connectivity index (χ2v) is 10.1. The van der Waals surface area contributed by atoms with Crippen molar-refractivity contribution in [3.8, 4) is 0 Å². The zero-order valence-electron chi connectivity index (χ0n) is 19.0. The van der Waals surface area contributed by atoms with Crippen molar-refractivity contribution < 1.29 is 19.2 Å². The number of rotatable bonds is 9. The molecule has 0 aromatic rings. The smallest absolute Gasteiger partial charge is 0.243 e. The average Bonchev–Trinajstić information content (AvgIpc) is 3.10. The minimum absolute atomic E-state index is 0.135. The lowest BCUT2D eigenvalue weighted by molar-refractivity contribution is -0.133. The van der Waals surface area contributed by atoms with Gasteiger partial charge in [0.1, 0.15) is 12.1 Å². The Balaban J connectivity index is 2.09. The standard InChI is InChI=1S/C22H39N5O4/c1-22(2,3)17(23)21(31)27-16(11-13-7-5-4-6-8-13)20(30)26-15(18(24)28)12-14-9-10-25-19(14)29/h13-17H,4-12,23H2,1-3H3,(H2,24,28)(H,25,29)(H,26,30)(H,27,31)/t14-,15-,16-,17+/m0/s1. The van der Waals surface area contributed by atoms with Gasteiger partial charge in [0.2, 0.25) is 23.6 Å². The highest BCUT2D eigenvalue weighted by atomic mass is 16.2. The number of hydrogen-bond acceptors (Lipinski definition) is 5. The Morgan fingerprint density at radius 1 is 1.00 bits per heavy atom. The van der Waals surface area contributed by atoms with E-state index in [1.54, 1.807) is 0 Å². The van der Waals surface area contributed by atoms with E-state index >= 15 is 0 Å². The monoisotopic (exact) mass is 437 g/mol. The Bertz CT molecular complexity index is 669. The van der Waals surface area contributed by atoms with Gasteiger partial charge in [0.15, 0.2) is 0 Å². The molecule has 4 amide bonds. The quantitative estimate of drug-likeness (QED) is 0.351. The minimum Gasteiger partial charge on any atom is -0.368 e. The predicted octanol–water partition coefficient (Wildman–Crippen LogP) is 0.311. The number of hydrogen-bond donors (Lipinski definition) is 5. The maximum absolute atomic E-state index is 13.1. The molecule has 9 nitrogen and oxygen atoms in total. The van der Waals surface area contributed by atoms with Crippen molar-refractivity contribution in [3.05, 3.63) is 0 Å². The summed E-state index contributed by atoms with van der Waals surface area (Å²) in [6, 6.07) is -2.55. The zero-order chi connectivity index (χ0) is 23.2. The molecule has 1 aliphatic carbocycles. The predicted molar refractivity (Wildman–Crippen MR) is 117 cm³/mol. The molecule has 176 valence electrons. The number of amides is 4. The fraction of sp³-hybridized carbons (Fsp3) is 0.818. The van der Waals surface area contributed by atoms with E-state index in [9.17, 15) is 19.2 Å². The summed E-state index contributed by atoms with van der Waals surface area (Å²) in [5.41, 5.74) is 11.1. The lowest BCUT2D eigenvalue weighted by Gasteiger charge is -2.31. The van der Waals surface area contributed by atoms with Gasteiger partial charge >= 0.3 is 0 Å². The molecule has 1 aliphatic heterocycles. The summed E-state index contributed by atoms with van der Waals surface area (Å²) < 4.78 is 0. The molecule has 2 aliphatic rings. The van der Waals surface area contributed by atoms with E-state index in [2.05, 4.69) is 16.0 Å². The molecule has 1 heterocycles. The molecule has 7 N–H and O–H groups in total. The summed E-state index contributed by atoms with van der Waals surface area (Å²) in [5, 5.41) is 8.22. The molecule has 2 rings (SSSR count). The molecule has 0 radical (unpaired) electrons. The number of carbonyl (C=O) groups excluding carboxylic acids is 4. The molecule has 2 fully saturated rings. The molecule has 1 saturated heterocycles. The third-order valence-corrected chi connectivity index (χ3v) is 6.49. The molecule has 0 aromatic heterocycles. The van der Waals surface area contributed by atoms with Gasteiger partial charge in [-0.2, -0.15) is 0 Å². The third kappa shape index (κ3) is 7.48. The van der Waals surface area contributed by atoms with Crippen LogP contribution in [0, 0.1) is 17.3 Å². The molecule has 0 unspecified atom stereocenters. The second kappa shape index (κ2) is 10.9. The van der Waals surface area contributed by atoms with Gasteiger partial charge in [-0.05, 0) is 30.6 Å². The van der Waals surface area contributed by atoms with Crippen molar-refractivity contribution in [1.29, 1.82) is 0 Å². The van der Waals surface area contributed by atoms with Crippen LogP contribution in [0.5, 0.6) is 0 Å².